The topological polar surface area (TPSA) is 50.7 Å². The van der Waals surface area contributed by atoms with Gasteiger partial charge in [0.1, 0.15) is 6.61 Å². The summed E-state index contributed by atoms with van der Waals surface area (Å²) < 4.78 is 12.2. The Morgan fingerprint density at radius 3 is 2.58 bits per heavy atom. The molecular weight excluding hydrogens is 394 g/mol. The van der Waals surface area contributed by atoms with E-state index >= 15 is 0 Å². The van der Waals surface area contributed by atoms with E-state index in [2.05, 4.69) is 21.2 Å². The molecule has 2 rings (SSSR count). The normalized spacial score (nSPS) is 10.7. The van der Waals surface area contributed by atoms with Gasteiger partial charge in [0.2, 0.25) is 0 Å². The lowest BCUT2D eigenvalue weighted by Gasteiger charge is -2.15. The molecule has 4 nitrogen and oxygen atoms in total. The van der Waals surface area contributed by atoms with E-state index in [9.17, 15) is 0 Å². The average Bonchev–Trinajstić information content (AvgIpc) is 2.59. The fourth-order valence-electron chi connectivity index (χ4n) is 2.19. The average molecular weight is 415 g/mol. The number of aliphatic hydroxyl groups excluding tert-OH is 1. The van der Waals surface area contributed by atoms with Crippen LogP contribution >= 0.6 is 27.5 Å². The zero-order chi connectivity index (χ0) is 17.4. The number of benzene rings is 2. The monoisotopic (exact) mass is 413 g/mol. The number of halogens is 2. The van der Waals surface area contributed by atoms with Crippen LogP contribution in [0.2, 0.25) is 5.02 Å². The third-order valence-corrected chi connectivity index (χ3v) is 4.27. The predicted octanol–water partition coefficient (Wildman–Crippen LogP) is 4.16. The summed E-state index contributed by atoms with van der Waals surface area (Å²) in [5, 5.41) is 12.8. The van der Waals surface area contributed by atoms with Gasteiger partial charge in [-0.2, -0.15) is 0 Å². The Morgan fingerprint density at radius 1 is 1.17 bits per heavy atom. The van der Waals surface area contributed by atoms with E-state index in [-0.39, 0.29) is 6.61 Å². The fraction of sp³-hybridized carbons (Fsp3) is 0.333. The van der Waals surface area contributed by atoms with Gasteiger partial charge in [0.25, 0.3) is 0 Å². The molecule has 2 aromatic carbocycles. The highest BCUT2D eigenvalue weighted by Crippen LogP contribution is 2.37. The van der Waals surface area contributed by atoms with Gasteiger partial charge < -0.3 is 19.9 Å². The molecule has 0 bridgehead atoms. The number of rotatable bonds is 9. The number of ether oxygens (including phenoxy) is 2. The first kappa shape index (κ1) is 19.1. The van der Waals surface area contributed by atoms with Crippen molar-refractivity contribution >= 4 is 27.5 Å². The molecule has 2 aromatic rings. The second-order valence-electron chi connectivity index (χ2n) is 5.28. The van der Waals surface area contributed by atoms with Crippen molar-refractivity contribution in [2.75, 3.05) is 20.3 Å². The highest BCUT2D eigenvalue weighted by Gasteiger charge is 2.12. The van der Waals surface area contributed by atoms with Crippen LogP contribution in [0.4, 0.5) is 0 Å². The van der Waals surface area contributed by atoms with Crippen molar-refractivity contribution in [3.63, 3.8) is 0 Å². The third kappa shape index (κ3) is 5.67. The molecule has 130 valence electrons. The predicted molar refractivity (Wildman–Crippen MR) is 99.9 cm³/mol. The second-order valence-corrected chi connectivity index (χ2v) is 6.57. The van der Waals surface area contributed by atoms with Crippen LogP contribution in [-0.4, -0.2) is 25.4 Å². The van der Waals surface area contributed by atoms with Gasteiger partial charge in [0.05, 0.1) is 11.6 Å². The van der Waals surface area contributed by atoms with Gasteiger partial charge in [-0.3, -0.25) is 0 Å². The Balaban J connectivity index is 2.04. The molecule has 0 unspecified atom stereocenters. The Kier molecular flexibility index (Phi) is 7.85. The summed E-state index contributed by atoms with van der Waals surface area (Å²) in [5.41, 5.74) is 2.11. The molecule has 0 heterocycles. The Bertz CT molecular complexity index is 649. The Labute approximate surface area is 155 Å². The summed E-state index contributed by atoms with van der Waals surface area (Å²) >= 11 is 9.45. The van der Waals surface area contributed by atoms with Crippen LogP contribution in [0.25, 0.3) is 0 Å². The van der Waals surface area contributed by atoms with Gasteiger partial charge in [0.15, 0.2) is 11.5 Å². The fourth-order valence-corrected chi connectivity index (χ4v) is 2.92. The minimum absolute atomic E-state index is 0.192. The first-order valence-corrected chi connectivity index (χ1v) is 8.86. The first-order valence-electron chi connectivity index (χ1n) is 7.69. The minimum Gasteiger partial charge on any atom is -0.493 e. The summed E-state index contributed by atoms with van der Waals surface area (Å²) in [6.07, 6.45) is 0.737. The molecule has 0 radical (unpaired) electrons. The maximum Gasteiger partial charge on any atom is 0.175 e. The highest BCUT2D eigenvalue weighted by atomic mass is 79.9. The number of methoxy groups -OCH3 is 1. The van der Waals surface area contributed by atoms with Crippen LogP contribution in [-0.2, 0) is 13.2 Å². The van der Waals surface area contributed by atoms with Gasteiger partial charge in [-0.15, -0.1) is 0 Å². The number of aliphatic hydroxyl groups is 1. The van der Waals surface area contributed by atoms with Crippen LogP contribution in [0.3, 0.4) is 0 Å². The van der Waals surface area contributed by atoms with Crippen LogP contribution < -0.4 is 14.8 Å². The molecule has 0 atom stereocenters. The van der Waals surface area contributed by atoms with E-state index in [1.54, 1.807) is 7.11 Å². The Hall–Kier alpha value is -1.27. The summed E-state index contributed by atoms with van der Waals surface area (Å²) in [4.78, 5) is 0. The SMILES string of the molecule is COc1cc(CNCCCO)cc(Br)c1OCc1ccc(Cl)cc1. The molecular formula is C18H21BrClNO3. The van der Waals surface area contributed by atoms with E-state index in [1.165, 1.54) is 0 Å². The van der Waals surface area contributed by atoms with Crippen molar-refractivity contribution in [3.8, 4) is 11.5 Å². The maximum absolute atomic E-state index is 8.80. The molecule has 24 heavy (non-hydrogen) atoms. The summed E-state index contributed by atoms with van der Waals surface area (Å²) in [6, 6.07) is 11.5. The lowest BCUT2D eigenvalue weighted by molar-refractivity contribution is 0.282. The van der Waals surface area contributed by atoms with E-state index in [4.69, 9.17) is 26.2 Å². The first-order chi connectivity index (χ1) is 11.6. The van der Waals surface area contributed by atoms with Crippen molar-refractivity contribution in [1.29, 1.82) is 0 Å². The van der Waals surface area contributed by atoms with Gasteiger partial charge in [-0.05, 0) is 64.3 Å². The molecule has 0 spiro atoms. The van der Waals surface area contributed by atoms with Crippen molar-refractivity contribution in [3.05, 3.63) is 57.0 Å². The lowest BCUT2D eigenvalue weighted by Crippen LogP contribution is -2.15. The maximum atomic E-state index is 8.80. The van der Waals surface area contributed by atoms with Crippen molar-refractivity contribution in [1.82, 2.24) is 5.32 Å². The van der Waals surface area contributed by atoms with Crippen molar-refractivity contribution < 1.29 is 14.6 Å². The van der Waals surface area contributed by atoms with Crippen LogP contribution in [0, 0.1) is 0 Å². The quantitative estimate of drug-likeness (QED) is 0.605. The number of hydrogen-bond acceptors (Lipinski definition) is 4. The summed E-state index contributed by atoms with van der Waals surface area (Å²) in [7, 11) is 1.62. The highest BCUT2D eigenvalue weighted by molar-refractivity contribution is 9.10. The zero-order valence-corrected chi connectivity index (χ0v) is 15.9. The van der Waals surface area contributed by atoms with Gasteiger partial charge >= 0.3 is 0 Å². The van der Waals surface area contributed by atoms with Gasteiger partial charge in [-0.25, -0.2) is 0 Å². The molecule has 0 aromatic heterocycles. The van der Waals surface area contributed by atoms with Crippen LogP contribution in [0.1, 0.15) is 17.5 Å². The zero-order valence-electron chi connectivity index (χ0n) is 13.5. The number of hydrogen-bond donors (Lipinski definition) is 2. The molecule has 0 aliphatic heterocycles. The third-order valence-electron chi connectivity index (χ3n) is 3.43. The Morgan fingerprint density at radius 2 is 1.92 bits per heavy atom. The molecule has 0 fully saturated rings. The van der Waals surface area contributed by atoms with Crippen LogP contribution in [0.15, 0.2) is 40.9 Å². The second kappa shape index (κ2) is 9.89. The molecule has 0 amide bonds. The van der Waals surface area contributed by atoms with Gasteiger partial charge in [-0.1, -0.05) is 23.7 Å². The van der Waals surface area contributed by atoms with E-state index < -0.39 is 0 Å². The van der Waals surface area contributed by atoms with E-state index in [0.29, 0.717) is 29.7 Å². The molecule has 0 saturated carbocycles. The molecule has 0 aliphatic rings. The molecule has 2 N–H and O–H groups in total. The largest absolute Gasteiger partial charge is 0.493 e. The van der Waals surface area contributed by atoms with Crippen molar-refractivity contribution in [2.24, 2.45) is 0 Å². The molecule has 0 saturated heterocycles. The lowest BCUT2D eigenvalue weighted by atomic mass is 10.2. The number of nitrogens with one attached hydrogen (secondary N) is 1. The minimum atomic E-state index is 0.192. The van der Waals surface area contributed by atoms with Crippen molar-refractivity contribution in [2.45, 2.75) is 19.6 Å². The van der Waals surface area contributed by atoms with Crippen LogP contribution in [0.5, 0.6) is 11.5 Å². The molecule has 6 heteroatoms. The van der Waals surface area contributed by atoms with E-state index in [0.717, 1.165) is 28.6 Å². The van der Waals surface area contributed by atoms with E-state index in [1.807, 2.05) is 36.4 Å². The summed E-state index contributed by atoms with van der Waals surface area (Å²) in [6.45, 7) is 2.09. The van der Waals surface area contributed by atoms with Gasteiger partial charge in [0, 0.05) is 18.2 Å². The summed E-state index contributed by atoms with van der Waals surface area (Å²) in [5.74, 6) is 1.35. The standard InChI is InChI=1S/C18H21BrClNO3/c1-23-17-10-14(11-21-7-2-8-22)9-16(19)18(17)24-12-13-3-5-15(20)6-4-13/h3-6,9-10,21-22H,2,7-8,11-12H2,1H3. The smallest absolute Gasteiger partial charge is 0.175 e. The molecule has 0 aliphatic carbocycles.